The molecule has 0 aromatic carbocycles. The monoisotopic (exact) mass is 765 g/mol. The van der Waals surface area contributed by atoms with Gasteiger partial charge in [-0.05, 0) is 51.4 Å². The van der Waals surface area contributed by atoms with Crippen molar-refractivity contribution >= 4 is 11.9 Å². The number of allylic oxidation sites excluding steroid dienone is 8. The minimum atomic E-state index is -1.60. The van der Waals surface area contributed by atoms with Gasteiger partial charge in [0.2, 0.25) is 0 Å². The highest BCUT2D eigenvalue weighted by Gasteiger charge is 2.44. The molecule has 1 heterocycles. The van der Waals surface area contributed by atoms with E-state index < -0.39 is 49.4 Å². The lowest BCUT2D eigenvalue weighted by Crippen LogP contribution is -2.59. The van der Waals surface area contributed by atoms with Gasteiger partial charge in [-0.2, -0.15) is 0 Å². The molecule has 0 aromatic heterocycles. The van der Waals surface area contributed by atoms with Crippen LogP contribution < -0.4 is 0 Å². The third-order valence-corrected chi connectivity index (χ3v) is 9.45. The molecule has 1 fully saturated rings. The number of esters is 2. The number of aliphatic hydroxyl groups is 4. The van der Waals surface area contributed by atoms with E-state index in [-0.39, 0.29) is 32.0 Å². The van der Waals surface area contributed by atoms with Crippen LogP contribution in [-0.4, -0.2) is 89.0 Å². The molecule has 6 atom stereocenters. The Hall–Kier alpha value is -2.34. The summed E-state index contributed by atoms with van der Waals surface area (Å²) in [4.78, 5) is 25.2. The molecule has 1 aliphatic rings. The molecule has 54 heavy (non-hydrogen) atoms. The topological polar surface area (TPSA) is 152 Å². The standard InChI is InChI=1S/C44H76O10/c1-3-5-7-9-11-13-15-17-18-19-20-21-23-25-27-29-31-33-40(47)53-37(36-52-44-43(50)42(49)41(48)38(34-45)54-44)35-51-39(46)32-30-28-26-24-22-16-14-12-10-8-6-4-2/h7,9,13,15,18-19,21,23,37-38,41-45,48-50H,3-6,8,10-12,14,16-17,20,22,24-36H2,1-2H3/b9-7+,15-13+,19-18+,23-21+/t37-,38-,41+,42?,43?,44-/m1/s1. The molecule has 0 aromatic rings. The molecule has 0 spiro atoms. The van der Waals surface area contributed by atoms with Gasteiger partial charge in [0.25, 0.3) is 0 Å². The Labute approximate surface area is 327 Å². The highest BCUT2D eigenvalue weighted by Crippen LogP contribution is 2.22. The van der Waals surface area contributed by atoms with Crippen LogP contribution in [-0.2, 0) is 28.5 Å². The zero-order valence-electron chi connectivity index (χ0n) is 33.7. The second kappa shape index (κ2) is 35.1. The minimum absolute atomic E-state index is 0.192. The van der Waals surface area contributed by atoms with E-state index >= 15 is 0 Å². The van der Waals surface area contributed by atoms with Crippen LogP contribution in [0.2, 0.25) is 0 Å². The Morgan fingerprint density at radius 1 is 0.574 bits per heavy atom. The number of carbonyl (C=O) groups excluding carboxylic acids is 2. The number of ether oxygens (including phenoxy) is 4. The number of carbonyl (C=O) groups is 2. The van der Waals surface area contributed by atoms with Crippen LogP contribution in [0.3, 0.4) is 0 Å². The number of aliphatic hydroxyl groups excluding tert-OH is 4. The van der Waals surface area contributed by atoms with Crippen molar-refractivity contribution in [3.63, 3.8) is 0 Å². The van der Waals surface area contributed by atoms with Gasteiger partial charge in [-0.1, -0.05) is 146 Å². The van der Waals surface area contributed by atoms with Crippen molar-refractivity contribution in [2.24, 2.45) is 0 Å². The predicted octanol–water partition coefficient (Wildman–Crippen LogP) is 8.49. The second-order valence-corrected chi connectivity index (χ2v) is 14.4. The fraction of sp³-hybridized carbons (Fsp3) is 0.773. The first kappa shape index (κ1) is 49.7. The van der Waals surface area contributed by atoms with E-state index in [1.54, 1.807) is 0 Å². The van der Waals surface area contributed by atoms with E-state index in [0.717, 1.165) is 64.2 Å². The van der Waals surface area contributed by atoms with Gasteiger partial charge in [0.05, 0.1) is 13.2 Å². The van der Waals surface area contributed by atoms with Crippen molar-refractivity contribution in [3.05, 3.63) is 48.6 Å². The first-order valence-corrected chi connectivity index (χ1v) is 21.2. The molecule has 2 unspecified atom stereocenters. The van der Waals surface area contributed by atoms with Crippen LogP contribution in [0.15, 0.2) is 48.6 Å². The molecule has 0 radical (unpaired) electrons. The summed E-state index contributed by atoms with van der Waals surface area (Å²) in [6.45, 7) is 3.30. The van der Waals surface area contributed by atoms with Crippen LogP contribution in [0.25, 0.3) is 0 Å². The predicted molar refractivity (Wildman–Crippen MR) is 215 cm³/mol. The van der Waals surface area contributed by atoms with Crippen LogP contribution >= 0.6 is 0 Å². The van der Waals surface area contributed by atoms with Crippen molar-refractivity contribution in [1.29, 1.82) is 0 Å². The molecule has 0 amide bonds. The molecule has 1 rings (SSSR count). The lowest BCUT2D eigenvalue weighted by molar-refractivity contribution is -0.305. The Morgan fingerprint density at radius 3 is 1.63 bits per heavy atom. The van der Waals surface area contributed by atoms with Gasteiger partial charge >= 0.3 is 11.9 Å². The molecule has 10 nitrogen and oxygen atoms in total. The summed E-state index contributed by atoms with van der Waals surface area (Å²) in [7, 11) is 0. The van der Waals surface area contributed by atoms with E-state index in [1.165, 1.54) is 64.2 Å². The third kappa shape index (κ3) is 26.5. The zero-order chi connectivity index (χ0) is 39.5. The number of hydrogen-bond donors (Lipinski definition) is 4. The van der Waals surface area contributed by atoms with Crippen molar-refractivity contribution in [1.82, 2.24) is 0 Å². The van der Waals surface area contributed by atoms with Crippen LogP contribution in [0, 0.1) is 0 Å². The summed E-state index contributed by atoms with van der Waals surface area (Å²) in [5.74, 6) is -0.844. The molecule has 312 valence electrons. The Balaban J connectivity index is 2.39. The summed E-state index contributed by atoms with van der Waals surface area (Å²) < 4.78 is 22.1. The fourth-order valence-electron chi connectivity index (χ4n) is 6.06. The summed E-state index contributed by atoms with van der Waals surface area (Å²) in [6, 6.07) is 0. The van der Waals surface area contributed by atoms with Gasteiger partial charge in [-0.25, -0.2) is 0 Å². The lowest BCUT2D eigenvalue weighted by atomic mass is 9.99. The molecule has 1 aliphatic heterocycles. The Morgan fingerprint density at radius 2 is 1.07 bits per heavy atom. The second-order valence-electron chi connectivity index (χ2n) is 14.4. The van der Waals surface area contributed by atoms with E-state index in [2.05, 4.69) is 62.5 Å². The average Bonchev–Trinajstić information content (AvgIpc) is 3.17. The Bertz CT molecular complexity index is 1020. The van der Waals surface area contributed by atoms with Gasteiger partial charge in [0.15, 0.2) is 12.4 Å². The highest BCUT2D eigenvalue weighted by molar-refractivity contribution is 5.70. The van der Waals surface area contributed by atoms with Crippen LogP contribution in [0.4, 0.5) is 0 Å². The molecule has 1 saturated heterocycles. The highest BCUT2D eigenvalue weighted by atomic mass is 16.7. The Kier molecular flexibility index (Phi) is 32.3. The van der Waals surface area contributed by atoms with Crippen molar-refractivity contribution < 1.29 is 49.0 Å². The van der Waals surface area contributed by atoms with Gasteiger partial charge in [0, 0.05) is 12.8 Å². The molecular weight excluding hydrogens is 688 g/mol. The molecule has 0 aliphatic carbocycles. The largest absolute Gasteiger partial charge is 0.462 e. The first-order valence-electron chi connectivity index (χ1n) is 21.2. The van der Waals surface area contributed by atoms with Gasteiger partial charge < -0.3 is 39.4 Å². The summed E-state index contributed by atoms with van der Waals surface area (Å²) in [5.41, 5.74) is 0. The fourth-order valence-corrected chi connectivity index (χ4v) is 6.06. The summed E-state index contributed by atoms with van der Waals surface area (Å²) >= 11 is 0. The van der Waals surface area contributed by atoms with Crippen LogP contribution in [0.5, 0.6) is 0 Å². The van der Waals surface area contributed by atoms with Gasteiger partial charge in [-0.15, -0.1) is 0 Å². The summed E-state index contributed by atoms with van der Waals surface area (Å²) in [6.07, 6.45) is 32.6. The molecule has 0 bridgehead atoms. The maximum Gasteiger partial charge on any atom is 0.306 e. The number of rotatable bonds is 34. The third-order valence-electron chi connectivity index (χ3n) is 9.45. The molecule has 4 N–H and O–H groups in total. The van der Waals surface area contributed by atoms with E-state index in [4.69, 9.17) is 18.9 Å². The zero-order valence-corrected chi connectivity index (χ0v) is 33.7. The smallest absolute Gasteiger partial charge is 0.306 e. The van der Waals surface area contributed by atoms with Crippen molar-refractivity contribution in [2.45, 2.75) is 198 Å². The van der Waals surface area contributed by atoms with E-state index in [9.17, 15) is 30.0 Å². The number of unbranched alkanes of at least 4 members (excludes halogenated alkanes) is 15. The SMILES string of the molecule is CCC/C=C/C/C=C/C/C=C/C/C=C/CCCCCC(=O)O[C@H](COC(=O)CCCCCCCCCCCCCC)CO[C@@H]1O[C@H](CO)[C@H](O)C(O)C1O. The molecule has 0 saturated carbocycles. The molecular formula is C44H76O10. The summed E-state index contributed by atoms with van der Waals surface area (Å²) in [5, 5.41) is 40.0. The maximum absolute atomic E-state index is 12.7. The van der Waals surface area contributed by atoms with E-state index in [1.807, 2.05) is 0 Å². The van der Waals surface area contributed by atoms with E-state index in [0.29, 0.717) is 6.42 Å². The maximum atomic E-state index is 12.7. The van der Waals surface area contributed by atoms with Crippen molar-refractivity contribution in [2.75, 3.05) is 19.8 Å². The first-order chi connectivity index (χ1) is 26.3. The van der Waals surface area contributed by atoms with Gasteiger partial charge in [-0.3, -0.25) is 9.59 Å². The molecule has 10 heteroatoms. The average molecular weight is 765 g/mol. The quantitative estimate of drug-likeness (QED) is 0.0285. The minimum Gasteiger partial charge on any atom is -0.462 e. The number of hydrogen-bond acceptors (Lipinski definition) is 10. The normalized spacial score (nSPS) is 21.2. The lowest BCUT2D eigenvalue weighted by Gasteiger charge is -2.39. The van der Waals surface area contributed by atoms with Crippen molar-refractivity contribution in [3.8, 4) is 0 Å². The van der Waals surface area contributed by atoms with Gasteiger partial charge in [0.1, 0.15) is 31.0 Å². The van der Waals surface area contributed by atoms with Crippen LogP contribution in [0.1, 0.15) is 162 Å².